The van der Waals surface area contributed by atoms with E-state index in [1.807, 2.05) is 18.5 Å². The van der Waals surface area contributed by atoms with Gasteiger partial charge < -0.3 is 15.2 Å². The van der Waals surface area contributed by atoms with Crippen molar-refractivity contribution < 1.29 is 0 Å². The summed E-state index contributed by atoms with van der Waals surface area (Å²) in [5, 5.41) is 15.7. The first kappa shape index (κ1) is 25.6. The lowest BCUT2D eigenvalue weighted by atomic mass is 10.1. The molecule has 0 amide bonds. The van der Waals surface area contributed by atoms with Gasteiger partial charge in [-0.3, -0.25) is 4.90 Å². The second-order valence-electron chi connectivity index (χ2n) is 8.04. The summed E-state index contributed by atoms with van der Waals surface area (Å²) in [7, 11) is 1.99. The largest absolute Gasteiger partial charge is 0.354 e. The van der Waals surface area contributed by atoms with Crippen LogP contribution in [0.1, 0.15) is 62.8 Å². The predicted molar refractivity (Wildman–Crippen MR) is 138 cm³/mol. The minimum Gasteiger partial charge on any atom is -0.354 e. The van der Waals surface area contributed by atoms with Crippen molar-refractivity contribution in [3.8, 4) is 0 Å². The van der Waals surface area contributed by atoms with Gasteiger partial charge in [0.1, 0.15) is 12.4 Å². The summed E-state index contributed by atoms with van der Waals surface area (Å²) in [6.07, 6.45) is 5.00. The van der Waals surface area contributed by atoms with Crippen LogP contribution in [0.5, 0.6) is 0 Å². The van der Waals surface area contributed by atoms with E-state index in [9.17, 15) is 0 Å². The molecule has 1 aliphatic carbocycles. The van der Waals surface area contributed by atoms with Crippen LogP contribution in [-0.4, -0.2) is 51.3 Å². The summed E-state index contributed by atoms with van der Waals surface area (Å²) in [6.45, 7) is 9.76. The van der Waals surface area contributed by atoms with Gasteiger partial charge in [0.15, 0.2) is 11.8 Å². The molecule has 0 bridgehead atoms. The van der Waals surface area contributed by atoms with Crippen LogP contribution in [0.15, 0.2) is 35.3 Å². The van der Waals surface area contributed by atoms with Crippen molar-refractivity contribution in [2.45, 2.75) is 65.1 Å². The van der Waals surface area contributed by atoms with Crippen LogP contribution in [0, 0.1) is 6.92 Å². The van der Waals surface area contributed by atoms with Crippen LogP contribution in [0.25, 0.3) is 0 Å². The van der Waals surface area contributed by atoms with Gasteiger partial charge in [-0.2, -0.15) is 0 Å². The minimum absolute atomic E-state index is 0. The molecule has 1 aromatic heterocycles. The first-order chi connectivity index (χ1) is 14.6. The quantitative estimate of drug-likeness (QED) is 0.288. The molecule has 2 aromatic rings. The third-order valence-electron chi connectivity index (χ3n) is 6.16. The SMILES string of the molecule is CCN(CC)C(CNC(=NCc1nnc(C)n1C)NC1CCCC1)c1ccccc1.I. The van der Waals surface area contributed by atoms with E-state index in [1.165, 1.54) is 31.2 Å². The number of hydrogen-bond donors (Lipinski definition) is 2. The molecule has 8 heteroatoms. The van der Waals surface area contributed by atoms with Crippen molar-refractivity contribution in [3.63, 3.8) is 0 Å². The van der Waals surface area contributed by atoms with Gasteiger partial charge in [0.05, 0.1) is 6.04 Å². The molecule has 1 unspecified atom stereocenters. The first-order valence-corrected chi connectivity index (χ1v) is 11.3. The summed E-state index contributed by atoms with van der Waals surface area (Å²) < 4.78 is 2.00. The van der Waals surface area contributed by atoms with Crippen LogP contribution in [-0.2, 0) is 13.6 Å². The Balaban J connectivity index is 0.00000341. The number of likely N-dealkylation sites (N-methyl/N-ethyl adjacent to an activating group) is 1. The predicted octanol–water partition coefficient (Wildman–Crippen LogP) is 3.80. The Kier molecular flexibility index (Phi) is 10.7. The Hall–Kier alpha value is -1.68. The molecule has 1 heterocycles. The molecule has 172 valence electrons. The number of benzene rings is 1. The van der Waals surface area contributed by atoms with Gasteiger partial charge >= 0.3 is 0 Å². The van der Waals surface area contributed by atoms with E-state index in [0.29, 0.717) is 18.6 Å². The number of hydrogen-bond acceptors (Lipinski definition) is 4. The molecule has 0 saturated heterocycles. The lowest BCUT2D eigenvalue weighted by Crippen LogP contribution is -2.46. The third kappa shape index (κ3) is 7.17. The van der Waals surface area contributed by atoms with Crippen LogP contribution >= 0.6 is 24.0 Å². The van der Waals surface area contributed by atoms with Gasteiger partial charge in [-0.15, -0.1) is 34.2 Å². The maximum atomic E-state index is 4.86. The Bertz CT molecular complexity index is 796. The molecule has 1 aromatic carbocycles. The number of halogens is 1. The van der Waals surface area contributed by atoms with Crippen molar-refractivity contribution in [2.24, 2.45) is 12.0 Å². The summed E-state index contributed by atoms with van der Waals surface area (Å²) in [4.78, 5) is 7.35. The molecule has 31 heavy (non-hydrogen) atoms. The van der Waals surface area contributed by atoms with Gasteiger partial charge in [-0.25, -0.2) is 4.99 Å². The van der Waals surface area contributed by atoms with Gasteiger partial charge in [0, 0.05) is 19.6 Å². The highest BCUT2D eigenvalue weighted by Gasteiger charge is 2.20. The summed E-state index contributed by atoms with van der Waals surface area (Å²) in [6, 6.07) is 11.5. The molecule has 1 saturated carbocycles. The Labute approximate surface area is 204 Å². The highest BCUT2D eigenvalue weighted by Crippen LogP contribution is 2.20. The number of nitrogens with one attached hydrogen (secondary N) is 2. The summed E-state index contributed by atoms with van der Waals surface area (Å²) in [5.74, 6) is 2.66. The van der Waals surface area contributed by atoms with Gasteiger partial charge in [-0.1, -0.05) is 57.0 Å². The number of nitrogens with zero attached hydrogens (tertiary/aromatic N) is 5. The van der Waals surface area contributed by atoms with E-state index in [2.05, 4.69) is 69.9 Å². The zero-order valence-electron chi connectivity index (χ0n) is 19.3. The topological polar surface area (TPSA) is 70.4 Å². The van der Waals surface area contributed by atoms with E-state index in [0.717, 1.165) is 37.2 Å². The molecule has 0 spiro atoms. The summed E-state index contributed by atoms with van der Waals surface area (Å²) >= 11 is 0. The van der Waals surface area contributed by atoms with E-state index in [-0.39, 0.29) is 24.0 Å². The van der Waals surface area contributed by atoms with Gasteiger partial charge in [0.2, 0.25) is 0 Å². The monoisotopic (exact) mass is 539 g/mol. The standard InChI is InChI=1S/C23H37N7.HI/c1-5-30(6-2)21(19-12-8-7-9-13-19)16-24-23(26-20-14-10-11-15-20)25-17-22-28-27-18(3)29(22)4;/h7-9,12-13,20-21H,5-6,10-11,14-17H2,1-4H3,(H2,24,25,26);1H. The second kappa shape index (κ2) is 13.0. The maximum absolute atomic E-state index is 4.86. The zero-order chi connectivity index (χ0) is 21.3. The number of rotatable bonds is 9. The molecule has 0 aliphatic heterocycles. The third-order valence-corrected chi connectivity index (χ3v) is 6.16. The van der Waals surface area contributed by atoms with Gasteiger partial charge in [0.25, 0.3) is 0 Å². The summed E-state index contributed by atoms with van der Waals surface area (Å²) in [5.41, 5.74) is 1.33. The number of guanidine groups is 1. The lowest BCUT2D eigenvalue weighted by Gasteiger charge is -2.31. The fourth-order valence-electron chi connectivity index (χ4n) is 4.15. The smallest absolute Gasteiger partial charge is 0.191 e. The van der Waals surface area contributed by atoms with Gasteiger partial charge in [-0.05, 0) is 38.4 Å². The molecular formula is C23H38IN7. The normalized spacial score (nSPS) is 15.7. The van der Waals surface area contributed by atoms with Crippen LogP contribution in [0.3, 0.4) is 0 Å². The van der Waals surface area contributed by atoms with E-state index < -0.39 is 0 Å². The Morgan fingerprint density at radius 1 is 1.16 bits per heavy atom. The Morgan fingerprint density at radius 3 is 2.42 bits per heavy atom. The molecule has 1 aliphatic rings. The van der Waals surface area contributed by atoms with Crippen molar-refractivity contribution in [3.05, 3.63) is 47.5 Å². The number of aliphatic imine (C=N–C) groups is 1. The lowest BCUT2D eigenvalue weighted by molar-refractivity contribution is 0.219. The average Bonchev–Trinajstić information content (AvgIpc) is 3.40. The van der Waals surface area contributed by atoms with E-state index in [4.69, 9.17) is 4.99 Å². The molecule has 1 atom stereocenters. The number of aromatic nitrogens is 3. The molecule has 3 rings (SSSR count). The van der Waals surface area contributed by atoms with E-state index in [1.54, 1.807) is 0 Å². The van der Waals surface area contributed by atoms with Crippen molar-refractivity contribution in [2.75, 3.05) is 19.6 Å². The molecule has 7 nitrogen and oxygen atoms in total. The van der Waals surface area contributed by atoms with Crippen molar-refractivity contribution in [1.82, 2.24) is 30.3 Å². The molecule has 1 fully saturated rings. The fraction of sp³-hybridized carbons (Fsp3) is 0.609. The fourth-order valence-corrected chi connectivity index (χ4v) is 4.15. The highest BCUT2D eigenvalue weighted by atomic mass is 127. The average molecular weight is 540 g/mol. The van der Waals surface area contributed by atoms with Crippen molar-refractivity contribution >= 4 is 29.9 Å². The molecule has 2 N–H and O–H groups in total. The van der Waals surface area contributed by atoms with Crippen LogP contribution in [0.4, 0.5) is 0 Å². The molecule has 0 radical (unpaired) electrons. The highest BCUT2D eigenvalue weighted by molar-refractivity contribution is 14.0. The maximum Gasteiger partial charge on any atom is 0.191 e. The first-order valence-electron chi connectivity index (χ1n) is 11.3. The minimum atomic E-state index is 0. The van der Waals surface area contributed by atoms with Crippen LogP contribution < -0.4 is 10.6 Å². The van der Waals surface area contributed by atoms with E-state index >= 15 is 0 Å². The molecular weight excluding hydrogens is 501 g/mol. The van der Waals surface area contributed by atoms with Crippen LogP contribution in [0.2, 0.25) is 0 Å². The second-order valence-corrected chi connectivity index (χ2v) is 8.04. The number of aryl methyl sites for hydroxylation is 1. The zero-order valence-corrected chi connectivity index (χ0v) is 21.7. The van der Waals surface area contributed by atoms with Crippen molar-refractivity contribution in [1.29, 1.82) is 0 Å². The Morgan fingerprint density at radius 2 is 1.84 bits per heavy atom.